The molecular weight excluding hydrogens is 380 g/mol. The second-order valence-electron chi connectivity index (χ2n) is 5.72. The average Bonchev–Trinajstić information content (AvgIpc) is 2.60. The molecule has 1 aromatic heterocycles. The lowest BCUT2D eigenvalue weighted by atomic mass is 10.2. The van der Waals surface area contributed by atoms with E-state index in [1.54, 1.807) is 0 Å². The van der Waals surface area contributed by atoms with Crippen molar-refractivity contribution in [3.8, 4) is 0 Å². The maximum atomic E-state index is 12.2. The van der Waals surface area contributed by atoms with Crippen molar-refractivity contribution in [1.29, 1.82) is 0 Å². The molecule has 3 aromatic rings. The van der Waals surface area contributed by atoms with Gasteiger partial charge in [0.1, 0.15) is 0 Å². The first-order valence-corrected chi connectivity index (χ1v) is 8.54. The summed E-state index contributed by atoms with van der Waals surface area (Å²) >= 11 is 3.50. The zero-order valence-electron chi connectivity index (χ0n) is 13.9. The van der Waals surface area contributed by atoms with Gasteiger partial charge in [-0.3, -0.25) is 4.79 Å². The maximum Gasteiger partial charge on any atom is 0.258 e. The molecule has 5 nitrogen and oxygen atoms in total. The van der Waals surface area contributed by atoms with Crippen LogP contribution in [0.4, 0.5) is 17.3 Å². The van der Waals surface area contributed by atoms with Crippen LogP contribution in [-0.4, -0.2) is 15.9 Å². The molecule has 0 saturated heterocycles. The maximum absolute atomic E-state index is 12.2. The van der Waals surface area contributed by atoms with Crippen LogP contribution in [0.15, 0.2) is 59.3 Å². The van der Waals surface area contributed by atoms with Gasteiger partial charge in [0.05, 0.1) is 11.3 Å². The third kappa shape index (κ3) is 4.42. The van der Waals surface area contributed by atoms with Crippen molar-refractivity contribution in [2.75, 3.05) is 10.6 Å². The van der Waals surface area contributed by atoms with Crippen LogP contribution in [0.25, 0.3) is 0 Å². The summed E-state index contributed by atoms with van der Waals surface area (Å²) in [4.78, 5) is 20.7. The highest BCUT2D eigenvalue weighted by Gasteiger charge is 2.08. The summed E-state index contributed by atoms with van der Waals surface area (Å²) in [7, 11) is 0. The summed E-state index contributed by atoms with van der Waals surface area (Å²) in [6.45, 7) is 4.02. The quantitative estimate of drug-likeness (QED) is 0.661. The standard InChI is InChI=1S/C19H17BrN4O/c1-12-3-6-15(7-4-12)23-18(25)14-10-21-19(22-11-14)24-17-8-5-13(2)9-16(17)20/h3-11H,1-2H3,(H,23,25)(H,21,22,24). The van der Waals surface area contributed by atoms with Gasteiger partial charge in [-0.1, -0.05) is 23.8 Å². The van der Waals surface area contributed by atoms with E-state index in [0.29, 0.717) is 11.5 Å². The highest BCUT2D eigenvalue weighted by molar-refractivity contribution is 9.10. The third-order valence-corrected chi connectivity index (χ3v) is 4.25. The fourth-order valence-corrected chi connectivity index (χ4v) is 2.78. The average molecular weight is 397 g/mol. The minimum atomic E-state index is -0.244. The van der Waals surface area contributed by atoms with Crippen molar-refractivity contribution in [1.82, 2.24) is 9.97 Å². The van der Waals surface area contributed by atoms with E-state index in [9.17, 15) is 4.79 Å². The van der Waals surface area contributed by atoms with Gasteiger partial charge in [-0.15, -0.1) is 0 Å². The molecule has 0 fully saturated rings. The second-order valence-corrected chi connectivity index (χ2v) is 6.58. The van der Waals surface area contributed by atoms with Crippen molar-refractivity contribution in [2.45, 2.75) is 13.8 Å². The number of hydrogen-bond acceptors (Lipinski definition) is 4. The molecule has 0 spiro atoms. The Bertz CT molecular complexity index is 892. The second kappa shape index (κ2) is 7.44. The predicted molar refractivity (Wildman–Crippen MR) is 103 cm³/mol. The molecule has 2 aromatic carbocycles. The molecule has 3 rings (SSSR count). The molecule has 6 heteroatoms. The molecule has 2 N–H and O–H groups in total. The summed E-state index contributed by atoms with van der Waals surface area (Å²) in [6, 6.07) is 13.6. The molecule has 0 bridgehead atoms. The van der Waals surface area contributed by atoms with Crippen LogP contribution < -0.4 is 10.6 Å². The number of carbonyl (C=O) groups excluding carboxylic acids is 1. The lowest BCUT2D eigenvalue weighted by Crippen LogP contribution is -2.13. The van der Waals surface area contributed by atoms with E-state index in [1.807, 2.05) is 56.3 Å². The number of nitrogens with zero attached hydrogens (tertiary/aromatic N) is 2. The topological polar surface area (TPSA) is 66.9 Å². The van der Waals surface area contributed by atoms with Crippen LogP contribution in [0.3, 0.4) is 0 Å². The predicted octanol–water partition coefficient (Wildman–Crippen LogP) is 4.85. The number of anilines is 3. The number of nitrogens with one attached hydrogen (secondary N) is 2. The zero-order chi connectivity index (χ0) is 17.8. The van der Waals surface area contributed by atoms with Crippen molar-refractivity contribution in [3.63, 3.8) is 0 Å². The van der Waals surface area contributed by atoms with E-state index in [4.69, 9.17) is 0 Å². The van der Waals surface area contributed by atoms with E-state index in [2.05, 4.69) is 36.5 Å². The first-order chi connectivity index (χ1) is 12.0. The fraction of sp³-hybridized carbons (Fsp3) is 0.105. The van der Waals surface area contributed by atoms with E-state index < -0.39 is 0 Å². The Balaban J connectivity index is 1.69. The van der Waals surface area contributed by atoms with Gasteiger partial charge in [0, 0.05) is 22.6 Å². The number of amides is 1. The van der Waals surface area contributed by atoms with Crippen LogP contribution in [0.1, 0.15) is 21.5 Å². The van der Waals surface area contributed by atoms with Gasteiger partial charge in [0.15, 0.2) is 0 Å². The smallest absolute Gasteiger partial charge is 0.258 e. The monoisotopic (exact) mass is 396 g/mol. The van der Waals surface area contributed by atoms with E-state index in [0.717, 1.165) is 27.0 Å². The molecule has 0 unspecified atom stereocenters. The van der Waals surface area contributed by atoms with Crippen LogP contribution in [0.2, 0.25) is 0 Å². The Kier molecular flexibility index (Phi) is 5.09. The number of rotatable bonds is 4. The number of carbonyl (C=O) groups is 1. The highest BCUT2D eigenvalue weighted by Crippen LogP contribution is 2.25. The molecule has 0 saturated carbocycles. The van der Waals surface area contributed by atoms with E-state index in [1.165, 1.54) is 12.4 Å². The minimum Gasteiger partial charge on any atom is -0.323 e. The first-order valence-electron chi connectivity index (χ1n) is 7.74. The molecule has 0 aliphatic rings. The lowest BCUT2D eigenvalue weighted by Gasteiger charge is -2.09. The van der Waals surface area contributed by atoms with Crippen LogP contribution >= 0.6 is 15.9 Å². The molecule has 0 radical (unpaired) electrons. The Hall–Kier alpha value is -2.73. The Morgan fingerprint density at radius 3 is 2.24 bits per heavy atom. The molecular formula is C19H17BrN4O. The van der Waals surface area contributed by atoms with Crippen molar-refractivity contribution >= 4 is 39.2 Å². The molecule has 0 aliphatic heterocycles. The molecule has 0 aliphatic carbocycles. The minimum absolute atomic E-state index is 0.244. The SMILES string of the molecule is Cc1ccc(NC(=O)c2cnc(Nc3ccc(C)cc3Br)nc2)cc1. The molecule has 1 heterocycles. The Labute approximate surface area is 154 Å². The van der Waals surface area contributed by atoms with Crippen LogP contribution in [0.5, 0.6) is 0 Å². The van der Waals surface area contributed by atoms with Crippen molar-refractivity contribution in [2.24, 2.45) is 0 Å². The fourth-order valence-electron chi connectivity index (χ4n) is 2.19. The number of benzene rings is 2. The van der Waals surface area contributed by atoms with Gasteiger partial charge < -0.3 is 10.6 Å². The van der Waals surface area contributed by atoms with Gasteiger partial charge >= 0.3 is 0 Å². The first kappa shape index (κ1) is 17.1. The van der Waals surface area contributed by atoms with Gasteiger partial charge in [0.25, 0.3) is 5.91 Å². The van der Waals surface area contributed by atoms with Gasteiger partial charge in [-0.2, -0.15) is 0 Å². The van der Waals surface area contributed by atoms with Crippen LogP contribution in [0, 0.1) is 13.8 Å². The van der Waals surface area contributed by atoms with Crippen molar-refractivity contribution in [3.05, 3.63) is 76.0 Å². The van der Waals surface area contributed by atoms with Gasteiger partial charge in [-0.25, -0.2) is 9.97 Å². The summed E-state index contributed by atoms with van der Waals surface area (Å²) in [5.74, 6) is 0.184. The lowest BCUT2D eigenvalue weighted by molar-refractivity contribution is 0.102. The number of hydrogen-bond donors (Lipinski definition) is 2. The number of aryl methyl sites for hydroxylation is 2. The van der Waals surface area contributed by atoms with Gasteiger partial charge in [0.2, 0.25) is 5.95 Å². The largest absolute Gasteiger partial charge is 0.323 e. The molecule has 126 valence electrons. The van der Waals surface area contributed by atoms with Gasteiger partial charge in [-0.05, 0) is 59.6 Å². The molecule has 1 amide bonds. The number of halogens is 1. The van der Waals surface area contributed by atoms with Crippen LogP contribution in [-0.2, 0) is 0 Å². The highest BCUT2D eigenvalue weighted by atomic mass is 79.9. The summed E-state index contributed by atoms with van der Waals surface area (Å²) < 4.78 is 0.928. The van der Waals surface area contributed by atoms with E-state index in [-0.39, 0.29) is 5.91 Å². The molecule has 25 heavy (non-hydrogen) atoms. The summed E-state index contributed by atoms with van der Waals surface area (Å²) in [6.07, 6.45) is 3.00. The Morgan fingerprint density at radius 1 is 0.960 bits per heavy atom. The number of aromatic nitrogens is 2. The summed E-state index contributed by atoms with van der Waals surface area (Å²) in [5, 5.41) is 5.94. The summed E-state index contributed by atoms with van der Waals surface area (Å²) in [5.41, 5.74) is 4.29. The molecule has 0 atom stereocenters. The Morgan fingerprint density at radius 2 is 1.60 bits per heavy atom. The van der Waals surface area contributed by atoms with Crippen molar-refractivity contribution < 1.29 is 4.79 Å². The zero-order valence-corrected chi connectivity index (χ0v) is 15.5. The normalized spacial score (nSPS) is 10.4. The third-order valence-electron chi connectivity index (χ3n) is 3.59. The van der Waals surface area contributed by atoms with E-state index >= 15 is 0 Å².